The van der Waals surface area contributed by atoms with E-state index in [2.05, 4.69) is 53.6 Å². The number of ketones is 1. The number of hydrogen-bond donors (Lipinski definition) is 1. The van der Waals surface area contributed by atoms with Gasteiger partial charge < -0.3 is 5.32 Å². The largest absolute Gasteiger partial charge is 0.373 e. The normalized spacial score (nSPS) is 19.1. The summed E-state index contributed by atoms with van der Waals surface area (Å²) in [5, 5.41) is 4.80. The fourth-order valence-electron chi connectivity index (χ4n) is 4.43. The smallest absolute Gasteiger partial charge is 0.161 e. The molecule has 0 saturated carbocycles. The number of hydrogen-bond acceptors (Lipinski definition) is 3. The van der Waals surface area contributed by atoms with Gasteiger partial charge in [-0.15, -0.1) is 0 Å². The Labute approximate surface area is 152 Å². The van der Waals surface area contributed by atoms with Crippen LogP contribution >= 0.6 is 0 Å². The quantitative estimate of drug-likeness (QED) is 0.660. The van der Waals surface area contributed by atoms with Crippen molar-refractivity contribution in [2.75, 3.05) is 5.32 Å². The molecule has 3 heteroatoms. The van der Waals surface area contributed by atoms with E-state index in [-0.39, 0.29) is 11.8 Å². The van der Waals surface area contributed by atoms with Crippen LogP contribution in [-0.2, 0) is 4.79 Å². The van der Waals surface area contributed by atoms with Crippen LogP contribution in [0.1, 0.15) is 42.0 Å². The Morgan fingerprint density at radius 3 is 2.81 bits per heavy atom. The molecular weight excluding hydrogens is 320 g/mol. The summed E-state index contributed by atoms with van der Waals surface area (Å²) in [6.07, 6.45) is 4.34. The topological polar surface area (TPSA) is 42.0 Å². The van der Waals surface area contributed by atoms with E-state index >= 15 is 0 Å². The molecule has 3 aromatic rings. The van der Waals surface area contributed by atoms with E-state index in [9.17, 15) is 4.79 Å². The number of anilines is 1. The molecule has 3 nitrogen and oxygen atoms in total. The number of Topliss-reactive ketones (excluding diaryl/α,β-unsaturated/α-hetero) is 1. The molecule has 128 valence electrons. The average Bonchev–Trinajstić information content (AvgIpc) is 2.67. The summed E-state index contributed by atoms with van der Waals surface area (Å²) in [5.74, 6) is 0.276. The lowest BCUT2D eigenvalue weighted by Gasteiger charge is -2.35. The number of aromatic nitrogens is 1. The first-order chi connectivity index (χ1) is 12.7. The van der Waals surface area contributed by atoms with Crippen molar-refractivity contribution < 1.29 is 4.79 Å². The van der Waals surface area contributed by atoms with Crippen LogP contribution in [0.25, 0.3) is 16.5 Å². The molecule has 0 fully saturated rings. The fraction of sp³-hybridized carbons (Fsp3) is 0.217. The molecule has 1 atom stereocenters. The predicted molar refractivity (Wildman–Crippen MR) is 105 cm³/mol. The van der Waals surface area contributed by atoms with Gasteiger partial charge in [-0.2, -0.15) is 0 Å². The van der Waals surface area contributed by atoms with E-state index in [0.29, 0.717) is 6.42 Å². The molecule has 0 radical (unpaired) electrons. The van der Waals surface area contributed by atoms with Crippen molar-refractivity contribution in [3.63, 3.8) is 0 Å². The van der Waals surface area contributed by atoms with Gasteiger partial charge in [-0.1, -0.05) is 30.3 Å². The Morgan fingerprint density at radius 2 is 1.92 bits per heavy atom. The Hall–Kier alpha value is -2.94. The second kappa shape index (κ2) is 5.80. The van der Waals surface area contributed by atoms with E-state index in [1.807, 2.05) is 18.3 Å². The van der Waals surface area contributed by atoms with Crippen LogP contribution in [0.15, 0.2) is 60.3 Å². The average molecular weight is 340 g/mol. The van der Waals surface area contributed by atoms with Crippen LogP contribution in [0.4, 0.5) is 5.69 Å². The number of carbonyl (C=O) groups is 1. The third-order valence-electron chi connectivity index (χ3n) is 5.63. The standard InChI is InChI=1S/C23H20N2O/c1-14-6-2-3-7-15(14)23-22-17(8-4-10-20(22)26)21-16-9-5-13-24-18(16)11-12-19(21)25-23/h2-3,5-7,9,11-13,23,25H,4,8,10H2,1H3/t23-/m0/s1. The van der Waals surface area contributed by atoms with Gasteiger partial charge in [0, 0.05) is 34.8 Å². The van der Waals surface area contributed by atoms with E-state index in [1.54, 1.807) is 0 Å². The van der Waals surface area contributed by atoms with Crippen molar-refractivity contribution in [2.24, 2.45) is 0 Å². The highest BCUT2D eigenvalue weighted by Crippen LogP contribution is 2.48. The van der Waals surface area contributed by atoms with Gasteiger partial charge in [-0.3, -0.25) is 9.78 Å². The summed E-state index contributed by atoms with van der Waals surface area (Å²) in [4.78, 5) is 17.5. The molecule has 26 heavy (non-hydrogen) atoms. The lowest BCUT2D eigenvalue weighted by molar-refractivity contribution is -0.116. The first-order valence-electron chi connectivity index (χ1n) is 9.20. The number of pyridine rings is 1. The summed E-state index contributed by atoms with van der Waals surface area (Å²) in [5.41, 5.74) is 7.81. The lowest BCUT2D eigenvalue weighted by atomic mass is 9.76. The van der Waals surface area contributed by atoms with Gasteiger partial charge in [0.05, 0.1) is 11.6 Å². The van der Waals surface area contributed by atoms with Gasteiger partial charge in [0.2, 0.25) is 0 Å². The fourth-order valence-corrected chi connectivity index (χ4v) is 4.43. The first-order valence-corrected chi connectivity index (χ1v) is 9.20. The number of aryl methyl sites for hydroxylation is 1. The van der Waals surface area contributed by atoms with E-state index in [1.165, 1.54) is 22.3 Å². The van der Waals surface area contributed by atoms with Crippen LogP contribution in [0.3, 0.4) is 0 Å². The maximum Gasteiger partial charge on any atom is 0.161 e. The van der Waals surface area contributed by atoms with Gasteiger partial charge in [-0.05, 0) is 54.7 Å². The van der Waals surface area contributed by atoms with Crippen LogP contribution < -0.4 is 5.32 Å². The lowest BCUT2D eigenvalue weighted by Crippen LogP contribution is -2.27. The summed E-state index contributed by atoms with van der Waals surface area (Å²) in [6.45, 7) is 2.12. The predicted octanol–water partition coefficient (Wildman–Crippen LogP) is 5.22. The van der Waals surface area contributed by atoms with Gasteiger partial charge in [0.15, 0.2) is 5.78 Å². The molecule has 1 aliphatic carbocycles. The van der Waals surface area contributed by atoms with Gasteiger partial charge in [0.25, 0.3) is 0 Å². The molecule has 0 bridgehead atoms. The highest BCUT2D eigenvalue weighted by Gasteiger charge is 2.35. The second-order valence-electron chi connectivity index (χ2n) is 7.16. The Balaban J connectivity index is 1.81. The zero-order valence-electron chi connectivity index (χ0n) is 14.8. The van der Waals surface area contributed by atoms with Crippen molar-refractivity contribution >= 4 is 27.9 Å². The van der Waals surface area contributed by atoms with Crippen molar-refractivity contribution in [3.8, 4) is 0 Å². The van der Waals surface area contributed by atoms with Gasteiger partial charge >= 0.3 is 0 Å². The molecule has 0 spiro atoms. The second-order valence-corrected chi connectivity index (χ2v) is 7.16. The highest BCUT2D eigenvalue weighted by atomic mass is 16.1. The van der Waals surface area contributed by atoms with E-state index in [4.69, 9.17) is 0 Å². The summed E-state index contributed by atoms with van der Waals surface area (Å²) in [6, 6.07) is 16.5. The molecule has 2 heterocycles. The van der Waals surface area contributed by atoms with Gasteiger partial charge in [0.1, 0.15) is 0 Å². The van der Waals surface area contributed by atoms with Crippen molar-refractivity contribution in [2.45, 2.75) is 32.2 Å². The molecule has 1 aliphatic heterocycles. The Kier molecular flexibility index (Phi) is 3.42. The molecule has 0 amide bonds. The first kappa shape index (κ1) is 15.3. The maximum absolute atomic E-state index is 13.0. The summed E-state index contributed by atoms with van der Waals surface area (Å²) in [7, 11) is 0. The molecule has 2 aliphatic rings. The van der Waals surface area contributed by atoms with Crippen molar-refractivity contribution in [1.29, 1.82) is 0 Å². The van der Waals surface area contributed by atoms with Crippen LogP contribution in [0.5, 0.6) is 0 Å². The monoisotopic (exact) mass is 340 g/mol. The molecule has 2 aromatic carbocycles. The summed E-state index contributed by atoms with van der Waals surface area (Å²) < 4.78 is 0. The van der Waals surface area contributed by atoms with Crippen molar-refractivity contribution in [1.82, 2.24) is 4.98 Å². The molecule has 5 rings (SSSR count). The SMILES string of the molecule is Cc1ccccc1[C@@H]1Nc2ccc3ncccc3c2C2=C1C(=O)CCC2. The molecule has 1 aromatic heterocycles. The zero-order chi connectivity index (χ0) is 17.7. The summed E-state index contributed by atoms with van der Waals surface area (Å²) >= 11 is 0. The van der Waals surface area contributed by atoms with E-state index in [0.717, 1.165) is 35.0 Å². The van der Waals surface area contributed by atoms with Crippen molar-refractivity contribution in [3.05, 3.63) is 77.0 Å². The van der Waals surface area contributed by atoms with Crippen LogP contribution in [0, 0.1) is 6.92 Å². The number of fused-ring (bicyclic) bond motifs is 4. The van der Waals surface area contributed by atoms with Crippen LogP contribution in [0.2, 0.25) is 0 Å². The number of rotatable bonds is 1. The number of nitrogens with zero attached hydrogens (tertiary/aromatic N) is 1. The number of nitrogens with one attached hydrogen (secondary N) is 1. The molecule has 1 N–H and O–H groups in total. The maximum atomic E-state index is 13.0. The third kappa shape index (κ3) is 2.20. The minimum Gasteiger partial charge on any atom is -0.373 e. The molecular formula is C23H20N2O. The Morgan fingerprint density at radius 1 is 1.04 bits per heavy atom. The van der Waals surface area contributed by atoms with Gasteiger partial charge in [-0.25, -0.2) is 0 Å². The number of carbonyl (C=O) groups excluding carboxylic acids is 1. The minimum absolute atomic E-state index is 0.0689. The Bertz CT molecular complexity index is 1080. The minimum atomic E-state index is -0.0689. The zero-order valence-corrected chi connectivity index (χ0v) is 14.8. The third-order valence-corrected chi connectivity index (χ3v) is 5.63. The molecule has 0 unspecified atom stereocenters. The number of allylic oxidation sites excluding steroid dienone is 1. The van der Waals surface area contributed by atoms with Crippen LogP contribution in [-0.4, -0.2) is 10.8 Å². The number of benzene rings is 2. The highest BCUT2D eigenvalue weighted by molar-refractivity contribution is 6.12. The van der Waals surface area contributed by atoms with E-state index < -0.39 is 0 Å². The molecule has 0 saturated heterocycles.